The van der Waals surface area contributed by atoms with Gasteiger partial charge in [-0.3, -0.25) is 10.1 Å². The van der Waals surface area contributed by atoms with Crippen molar-refractivity contribution in [2.24, 2.45) is 0 Å². The number of hydrogen-bond acceptors (Lipinski definition) is 9. The van der Waals surface area contributed by atoms with Gasteiger partial charge in [0.2, 0.25) is 0 Å². The van der Waals surface area contributed by atoms with E-state index in [-0.39, 0.29) is 57.2 Å². The first-order chi connectivity index (χ1) is 13.7. The summed E-state index contributed by atoms with van der Waals surface area (Å²) in [6.07, 6.45) is 0. The predicted octanol–water partition coefficient (Wildman–Crippen LogP) is 3.39. The SMILES string of the molecule is CCS(=O)(=O)Cc1cc(-c2c(O)cc(O)cc2Oc2ccc([N+](=O)[O-])cc2)on1. The molecule has 152 valence electrons. The molecule has 0 spiro atoms. The van der Waals surface area contributed by atoms with Gasteiger partial charge in [0, 0.05) is 36.1 Å². The molecule has 11 heteroatoms. The van der Waals surface area contributed by atoms with Gasteiger partial charge in [0.15, 0.2) is 15.6 Å². The van der Waals surface area contributed by atoms with Crippen molar-refractivity contribution >= 4 is 15.5 Å². The van der Waals surface area contributed by atoms with Gasteiger partial charge in [-0.25, -0.2) is 8.42 Å². The van der Waals surface area contributed by atoms with Crippen molar-refractivity contribution in [3.63, 3.8) is 0 Å². The summed E-state index contributed by atoms with van der Waals surface area (Å²) >= 11 is 0. The van der Waals surface area contributed by atoms with Crippen LogP contribution in [0, 0.1) is 10.1 Å². The van der Waals surface area contributed by atoms with E-state index in [9.17, 15) is 28.7 Å². The lowest BCUT2D eigenvalue weighted by atomic mass is 10.1. The third-order valence-corrected chi connectivity index (χ3v) is 5.57. The molecule has 1 aromatic heterocycles. The lowest BCUT2D eigenvalue weighted by molar-refractivity contribution is -0.384. The molecule has 3 rings (SSSR count). The molecule has 3 aromatic rings. The molecule has 0 atom stereocenters. The van der Waals surface area contributed by atoms with Gasteiger partial charge in [0.05, 0.1) is 16.4 Å². The second-order valence-electron chi connectivity index (χ2n) is 6.05. The van der Waals surface area contributed by atoms with Gasteiger partial charge >= 0.3 is 0 Å². The summed E-state index contributed by atoms with van der Waals surface area (Å²) in [5, 5.41) is 34.5. The first-order valence-corrected chi connectivity index (χ1v) is 10.2. The van der Waals surface area contributed by atoms with E-state index in [2.05, 4.69) is 5.16 Å². The van der Waals surface area contributed by atoms with E-state index in [1.165, 1.54) is 43.3 Å². The molecule has 29 heavy (non-hydrogen) atoms. The number of ether oxygens (including phenoxy) is 1. The summed E-state index contributed by atoms with van der Waals surface area (Å²) in [6.45, 7) is 1.51. The van der Waals surface area contributed by atoms with E-state index >= 15 is 0 Å². The Kier molecular flexibility index (Phi) is 5.41. The van der Waals surface area contributed by atoms with Crippen molar-refractivity contribution in [1.82, 2.24) is 5.16 Å². The average Bonchev–Trinajstić information content (AvgIpc) is 3.08. The van der Waals surface area contributed by atoms with Crippen molar-refractivity contribution in [2.75, 3.05) is 5.75 Å². The van der Waals surface area contributed by atoms with Crippen LogP contribution in [0.3, 0.4) is 0 Å². The highest BCUT2D eigenvalue weighted by atomic mass is 32.2. The highest BCUT2D eigenvalue weighted by Crippen LogP contribution is 2.43. The van der Waals surface area contributed by atoms with Crippen LogP contribution < -0.4 is 4.74 Å². The van der Waals surface area contributed by atoms with Crippen LogP contribution in [0.4, 0.5) is 5.69 Å². The summed E-state index contributed by atoms with van der Waals surface area (Å²) in [7, 11) is -3.34. The van der Waals surface area contributed by atoms with E-state index < -0.39 is 14.8 Å². The molecule has 0 saturated heterocycles. The molecule has 0 amide bonds. The normalized spacial score (nSPS) is 11.3. The second kappa shape index (κ2) is 7.80. The van der Waals surface area contributed by atoms with Gasteiger partial charge in [0.25, 0.3) is 5.69 Å². The van der Waals surface area contributed by atoms with Gasteiger partial charge < -0.3 is 19.5 Å². The van der Waals surface area contributed by atoms with Gasteiger partial charge in [0.1, 0.15) is 28.6 Å². The average molecular weight is 420 g/mol. The number of non-ortho nitro benzene ring substituents is 1. The van der Waals surface area contributed by atoms with E-state index in [0.29, 0.717) is 0 Å². The van der Waals surface area contributed by atoms with E-state index in [1.807, 2.05) is 0 Å². The van der Waals surface area contributed by atoms with Crippen LogP contribution in [-0.4, -0.2) is 34.5 Å². The van der Waals surface area contributed by atoms with Gasteiger partial charge in [-0.15, -0.1) is 0 Å². The molecule has 0 aliphatic rings. The van der Waals surface area contributed by atoms with Crippen molar-refractivity contribution in [3.05, 3.63) is 58.3 Å². The maximum Gasteiger partial charge on any atom is 0.269 e. The lowest BCUT2D eigenvalue weighted by Gasteiger charge is -2.11. The highest BCUT2D eigenvalue weighted by molar-refractivity contribution is 7.90. The van der Waals surface area contributed by atoms with Crippen LogP contribution in [0.1, 0.15) is 12.6 Å². The Hall–Kier alpha value is -3.60. The van der Waals surface area contributed by atoms with Crippen molar-refractivity contribution < 1.29 is 32.8 Å². The minimum absolute atomic E-state index is 0.0163. The third kappa shape index (κ3) is 4.63. The second-order valence-corrected chi connectivity index (χ2v) is 8.40. The quantitative estimate of drug-likeness (QED) is 0.432. The number of aromatic hydroxyl groups is 2. The molecule has 2 aromatic carbocycles. The van der Waals surface area contributed by atoms with Crippen LogP contribution in [0.2, 0.25) is 0 Å². The van der Waals surface area contributed by atoms with Crippen molar-refractivity contribution in [2.45, 2.75) is 12.7 Å². The number of phenols is 2. The summed E-state index contributed by atoms with van der Waals surface area (Å²) in [6, 6.07) is 8.79. The van der Waals surface area contributed by atoms with Crippen LogP contribution in [0.25, 0.3) is 11.3 Å². The monoisotopic (exact) mass is 420 g/mol. The Labute approximate surface area is 165 Å². The zero-order chi connectivity index (χ0) is 21.2. The Morgan fingerprint density at radius 2 is 1.86 bits per heavy atom. The molecule has 0 bridgehead atoms. The number of phenolic OH excluding ortho intramolecular Hbond substituents is 2. The van der Waals surface area contributed by atoms with Crippen LogP contribution in [0.15, 0.2) is 47.0 Å². The largest absolute Gasteiger partial charge is 0.508 e. The smallest absolute Gasteiger partial charge is 0.269 e. The standard InChI is InChI=1S/C18H16N2O8S/c1-2-29(25,26)10-11-7-17(28-19-11)18-15(22)8-13(21)9-16(18)27-14-5-3-12(4-6-14)20(23)24/h3-9,21-22H,2,10H2,1H3. The van der Waals surface area contributed by atoms with Gasteiger partial charge in [-0.1, -0.05) is 12.1 Å². The number of hydrogen-bond donors (Lipinski definition) is 2. The molecular formula is C18H16N2O8S. The fourth-order valence-electron chi connectivity index (χ4n) is 2.50. The number of nitro benzene ring substituents is 1. The first-order valence-electron chi connectivity index (χ1n) is 8.33. The highest BCUT2D eigenvalue weighted by Gasteiger charge is 2.21. The minimum Gasteiger partial charge on any atom is -0.508 e. The molecule has 2 N–H and O–H groups in total. The fraction of sp³-hybridized carbons (Fsp3) is 0.167. The Morgan fingerprint density at radius 3 is 2.48 bits per heavy atom. The topological polar surface area (TPSA) is 153 Å². The number of aromatic nitrogens is 1. The maximum absolute atomic E-state index is 11.8. The Bertz CT molecular complexity index is 1150. The van der Waals surface area contributed by atoms with Crippen LogP contribution >= 0.6 is 0 Å². The Balaban J connectivity index is 1.98. The molecule has 0 aliphatic carbocycles. The summed E-state index contributed by atoms with van der Waals surface area (Å²) < 4.78 is 34.4. The zero-order valence-electron chi connectivity index (χ0n) is 15.1. The predicted molar refractivity (Wildman–Crippen MR) is 102 cm³/mol. The molecule has 10 nitrogen and oxygen atoms in total. The van der Waals surface area contributed by atoms with Crippen molar-refractivity contribution in [3.8, 4) is 34.3 Å². The first kappa shape index (κ1) is 20.1. The number of rotatable bonds is 7. The number of nitrogens with zero attached hydrogens (tertiary/aromatic N) is 2. The number of nitro groups is 1. The summed E-state index contributed by atoms with van der Waals surface area (Å²) in [4.78, 5) is 10.2. The van der Waals surface area contributed by atoms with Crippen molar-refractivity contribution in [1.29, 1.82) is 0 Å². The van der Waals surface area contributed by atoms with Crippen LogP contribution in [0.5, 0.6) is 23.0 Å². The van der Waals surface area contributed by atoms with E-state index in [4.69, 9.17) is 9.26 Å². The summed E-state index contributed by atoms with van der Waals surface area (Å²) in [5.41, 5.74) is 0.0535. The number of sulfone groups is 1. The van der Waals surface area contributed by atoms with Gasteiger partial charge in [-0.2, -0.15) is 0 Å². The fourth-order valence-corrected chi connectivity index (χ4v) is 3.29. The van der Waals surface area contributed by atoms with Crippen LogP contribution in [-0.2, 0) is 15.6 Å². The molecule has 0 aliphatic heterocycles. The maximum atomic E-state index is 11.8. The number of benzene rings is 2. The molecule has 0 saturated carbocycles. The molecule has 0 fully saturated rings. The molecule has 0 unspecified atom stereocenters. The summed E-state index contributed by atoms with van der Waals surface area (Å²) in [5.74, 6) is -0.855. The lowest BCUT2D eigenvalue weighted by Crippen LogP contribution is -2.06. The third-order valence-electron chi connectivity index (χ3n) is 3.95. The molecule has 0 radical (unpaired) electrons. The molecule has 1 heterocycles. The van der Waals surface area contributed by atoms with E-state index in [0.717, 1.165) is 6.07 Å². The van der Waals surface area contributed by atoms with E-state index in [1.54, 1.807) is 0 Å². The molecular weight excluding hydrogens is 404 g/mol. The Morgan fingerprint density at radius 1 is 1.17 bits per heavy atom. The zero-order valence-corrected chi connectivity index (χ0v) is 15.9. The van der Waals surface area contributed by atoms with Gasteiger partial charge in [-0.05, 0) is 12.1 Å². The minimum atomic E-state index is -3.34.